The molecular formula is C12H20O3. The van der Waals surface area contributed by atoms with Gasteiger partial charge in [-0.15, -0.1) is 0 Å². The van der Waals surface area contributed by atoms with Crippen LogP contribution in [0.15, 0.2) is 0 Å². The molecule has 15 heavy (non-hydrogen) atoms. The van der Waals surface area contributed by atoms with Gasteiger partial charge in [0.05, 0.1) is 19.6 Å². The van der Waals surface area contributed by atoms with E-state index in [0.717, 1.165) is 12.8 Å². The van der Waals surface area contributed by atoms with E-state index >= 15 is 0 Å². The van der Waals surface area contributed by atoms with E-state index in [1.165, 1.54) is 12.8 Å². The molecule has 0 aromatic rings. The van der Waals surface area contributed by atoms with Gasteiger partial charge >= 0.3 is 0 Å². The summed E-state index contributed by atoms with van der Waals surface area (Å²) in [6.45, 7) is 3.51. The van der Waals surface area contributed by atoms with Gasteiger partial charge in [-0.25, -0.2) is 0 Å². The maximum atomic E-state index is 11.9. The summed E-state index contributed by atoms with van der Waals surface area (Å²) in [5, 5.41) is 0. The lowest BCUT2D eigenvalue weighted by molar-refractivity contribution is -0.132. The first-order valence-corrected chi connectivity index (χ1v) is 6.01. The molecule has 0 aromatic heterocycles. The largest absolute Gasteiger partial charge is 0.350 e. The normalized spacial score (nSPS) is 33.1. The van der Waals surface area contributed by atoms with E-state index in [9.17, 15) is 4.79 Å². The molecular weight excluding hydrogens is 192 g/mol. The van der Waals surface area contributed by atoms with Gasteiger partial charge in [-0.05, 0) is 18.8 Å². The third-order valence-corrected chi connectivity index (χ3v) is 3.45. The number of carbonyl (C=O) groups excluding carboxylic acids is 1. The van der Waals surface area contributed by atoms with E-state index in [1.807, 2.05) is 0 Å². The first-order chi connectivity index (χ1) is 7.25. The van der Waals surface area contributed by atoms with Gasteiger partial charge in [0.25, 0.3) is 0 Å². The summed E-state index contributed by atoms with van der Waals surface area (Å²) in [4.78, 5) is 11.9. The van der Waals surface area contributed by atoms with E-state index in [2.05, 4.69) is 6.92 Å². The minimum Gasteiger partial charge on any atom is -0.350 e. The van der Waals surface area contributed by atoms with Crippen molar-refractivity contribution in [3.8, 4) is 0 Å². The molecule has 0 N–H and O–H groups in total. The molecule has 2 fully saturated rings. The lowest BCUT2D eigenvalue weighted by atomic mass is 9.79. The number of Topliss-reactive ketones (excluding diaryl/α,β-unsaturated/α-hetero) is 1. The zero-order valence-electron chi connectivity index (χ0n) is 9.41. The predicted octanol–water partition coefficient (Wildman–Crippen LogP) is 2.14. The first-order valence-electron chi connectivity index (χ1n) is 6.01. The Morgan fingerprint density at radius 2 is 2.00 bits per heavy atom. The van der Waals surface area contributed by atoms with Crippen molar-refractivity contribution >= 4 is 5.78 Å². The summed E-state index contributed by atoms with van der Waals surface area (Å²) < 4.78 is 10.6. The molecule has 86 valence electrons. The number of rotatable bonds is 3. The Hall–Kier alpha value is -0.410. The van der Waals surface area contributed by atoms with Crippen LogP contribution in [0.5, 0.6) is 0 Å². The second-order valence-electron chi connectivity index (χ2n) is 4.81. The number of carbonyl (C=O) groups is 1. The van der Waals surface area contributed by atoms with Crippen molar-refractivity contribution < 1.29 is 14.3 Å². The van der Waals surface area contributed by atoms with Crippen LogP contribution < -0.4 is 0 Å². The molecule has 2 atom stereocenters. The number of ketones is 1. The quantitative estimate of drug-likeness (QED) is 0.719. The monoisotopic (exact) mass is 212 g/mol. The predicted molar refractivity (Wildman–Crippen MR) is 56.4 cm³/mol. The van der Waals surface area contributed by atoms with Crippen molar-refractivity contribution in [2.24, 2.45) is 11.8 Å². The average Bonchev–Trinajstić information content (AvgIpc) is 2.70. The second-order valence-corrected chi connectivity index (χ2v) is 4.81. The maximum Gasteiger partial charge on any atom is 0.164 e. The lowest BCUT2D eigenvalue weighted by Crippen LogP contribution is -2.25. The molecule has 3 heteroatoms. The van der Waals surface area contributed by atoms with E-state index < -0.39 is 0 Å². The third kappa shape index (κ3) is 3.02. The molecule has 2 unspecified atom stereocenters. The molecule has 0 bridgehead atoms. The minimum atomic E-state index is -0.255. The second kappa shape index (κ2) is 5.08. The Morgan fingerprint density at radius 1 is 1.27 bits per heavy atom. The summed E-state index contributed by atoms with van der Waals surface area (Å²) in [5.74, 6) is 1.31. The molecule has 0 amide bonds. The fourth-order valence-electron chi connectivity index (χ4n) is 2.58. The number of ether oxygens (including phenoxy) is 2. The van der Waals surface area contributed by atoms with Gasteiger partial charge in [0, 0.05) is 5.92 Å². The maximum absolute atomic E-state index is 11.9. The van der Waals surface area contributed by atoms with Crippen molar-refractivity contribution in [3.63, 3.8) is 0 Å². The van der Waals surface area contributed by atoms with Crippen LogP contribution in [-0.2, 0) is 14.3 Å². The highest BCUT2D eigenvalue weighted by atomic mass is 16.7. The smallest absolute Gasteiger partial charge is 0.164 e. The first kappa shape index (κ1) is 11.1. The molecule has 1 saturated carbocycles. The van der Waals surface area contributed by atoms with Crippen LogP contribution in [0.3, 0.4) is 0 Å². The van der Waals surface area contributed by atoms with Crippen LogP contribution in [0, 0.1) is 11.8 Å². The van der Waals surface area contributed by atoms with E-state index in [0.29, 0.717) is 31.3 Å². The highest BCUT2D eigenvalue weighted by molar-refractivity contribution is 5.81. The lowest BCUT2D eigenvalue weighted by Gasteiger charge is -2.26. The minimum absolute atomic E-state index is 0.255. The zero-order valence-corrected chi connectivity index (χ0v) is 9.41. The van der Waals surface area contributed by atoms with Gasteiger partial charge in [0.1, 0.15) is 5.78 Å². The number of hydrogen-bond donors (Lipinski definition) is 0. The fourth-order valence-corrected chi connectivity index (χ4v) is 2.58. The highest BCUT2D eigenvalue weighted by Gasteiger charge is 2.28. The zero-order chi connectivity index (χ0) is 10.7. The van der Waals surface area contributed by atoms with E-state index in [4.69, 9.17) is 9.47 Å². The van der Waals surface area contributed by atoms with Crippen molar-refractivity contribution in [1.82, 2.24) is 0 Å². The van der Waals surface area contributed by atoms with Crippen molar-refractivity contribution in [2.75, 3.05) is 13.2 Å². The Balaban J connectivity index is 1.78. The highest BCUT2D eigenvalue weighted by Crippen LogP contribution is 2.30. The Morgan fingerprint density at radius 3 is 2.67 bits per heavy atom. The van der Waals surface area contributed by atoms with Gasteiger partial charge in [0.15, 0.2) is 6.29 Å². The fraction of sp³-hybridized carbons (Fsp3) is 0.917. The summed E-state index contributed by atoms with van der Waals surface area (Å²) >= 11 is 0. The number of hydrogen-bond acceptors (Lipinski definition) is 3. The van der Waals surface area contributed by atoms with E-state index in [1.54, 1.807) is 0 Å². The van der Waals surface area contributed by atoms with Gasteiger partial charge in [-0.3, -0.25) is 4.79 Å². The van der Waals surface area contributed by atoms with Crippen LogP contribution in [0.1, 0.15) is 39.0 Å². The van der Waals surface area contributed by atoms with Crippen LogP contribution in [-0.4, -0.2) is 25.3 Å². The summed E-state index contributed by atoms with van der Waals surface area (Å²) in [5.41, 5.74) is 0. The standard InChI is InChI=1S/C12H20O3/c1-9-3-2-4-10(7-9)11(13)8-12-14-5-6-15-12/h9-10,12H,2-8H2,1H3. The molecule has 1 aliphatic heterocycles. The van der Waals surface area contributed by atoms with Crippen molar-refractivity contribution in [1.29, 1.82) is 0 Å². The van der Waals surface area contributed by atoms with Crippen LogP contribution >= 0.6 is 0 Å². The summed E-state index contributed by atoms with van der Waals surface area (Å²) in [6.07, 6.45) is 4.80. The molecule has 2 rings (SSSR count). The molecule has 0 radical (unpaired) electrons. The third-order valence-electron chi connectivity index (χ3n) is 3.45. The molecule has 1 saturated heterocycles. The SMILES string of the molecule is CC1CCCC(C(=O)CC2OCCO2)C1. The van der Waals surface area contributed by atoms with Crippen molar-refractivity contribution in [3.05, 3.63) is 0 Å². The Labute approximate surface area is 91.1 Å². The van der Waals surface area contributed by atoms with Crippen molar-refractivity contribution in [2.45, 2.75) is 45.3 Å². The van der Waals surface area contributed by atoms with Gasteiger partial charge < -0.3 is 9.47 Å². The Kier molecular flexibility index (Phi) is 3.76. The molecule has 3 nitrogen and oxygen atoms in total. The molecule has 1 heterocycles. The summed E-state index contributed by atoms with van der Waals surface area (Å²) in [6, 6.07) is 0. The molecule has 0 aromatic carbocycles. The van der Waals surface area contributed by atoms with Crippen LogP contribution in [0.2, 0.25) is 0 Å². The average molecular weight is 212 g/mol. The van der Waals surface area contributed by atoms with Gasteiger partial charge in [-0.1, -0.05) is 19.8 Å². The topological polar surface area (TPSA) is 35.5 Å². The molecule has 0 spiro atoms. The summed E-state index contributed by atoms with van der Waals surface area (Å²) in [7, 11) is 0. The van der Waals surface area contributed by atoms with Gasteiger partial charge in [0.2, 0.25) is 0 Å². The van der Waals surface area contributed by atoms with Crippen LogP contribution in [0.25, 0.3) is 0 Å². The van der Waals surface area contributed by atoms with Crippen LogP contribution in [0.4, 0.5) is 0 Å². The van der Waals surface area contributed by atoms with Gasteiger partial charge in [-0.2, -0.15) is 0 Å². The van der Waals surface area contributed by atoms with E-state index in [-0.39, 0.29) is 12.2 Å². The Bertz CT molecular complexity index is 221. The molecule has 2 aliphatic rings. The molecule has 1 aliphatic carbocycles.